The summed E-state index contributed by atoms with van der Waals surface area (Å²) in [5.74, 6) is 0.0676. The van der Waals surface area contributed by atoms with Crippen molar-refractivity contribution in [1.29, 1.82) is 0 Å². The van der Waals surface area contributed by atoms with Gasteiger partial charge in [0.25, 0.3) is 5.91 Å². The van der Waals surface area contributed by atoms with Gasteiger partial charge in [-0.05, 0) is 30.2 Å². The number of aromatic nitrogens is 4. The Morgan fingerprint density at radius 3 is 2.33 bits per heavy atom. The monoisotopic (exact) mass is 336 g/mol. The van der Waals surface area contributed by atoms with Crippen LogP contribution >= 0.6 is 0 Å². The summed E-state index contributed by atoms with van der Waals surface area (Å²) in [5.41, 5.74) is -0.673. The first-order valence-corrected chi connectivity index (χ1v) is 8.62. The molecule has 132 valence electrons. The summed E-state index contributed by atoms with van der Waals surface area (Å²) < 4.78 is 6.66. The molecule has 1 saturated heterocycles. The van der Waals surface area contributed by atoms with Crippen molar-refractivity contribution in [2.24, 2.45) is 0 Å². The van der Waals surface area contributed by atoms with Crippen LogP contribution < -0.4 is 0 Å². The van der Waals surface area contributed by atoms with Crippen LogP contribution in [0, 0.1) is 0 Å². The molecule has 9 heteroatoms. The highest BCUT2D eigenvalue weighted by molar-refractivity contribution is 5.85. The molecule has 0 bridgehead atoms. The highest BCUT2D eigenvalue weighted by Gasteiger charge is 2.45. The first kappa shape index (κ1) is 16.7. The Balaban J connectivity index is 1.70. The molecule has 1 aromatic heterocycles. The molecular formula is C15H24N6O3. The van der Waals surface area contributed by atoms with E-state index < -0.39 is 5.54 Å². The second kappa shape index (κ2) is 7.14. The van der Waals surface area contributed by atoms with Crippen LogP contribution in [-0.2, 0) is 15.1 Å². The second-order valence-electron chi connectivity index (χ2n) is 6.32. The summed E-state index contributed by atoms with van der Waals surface area (Å²) in [6.07, 6.45) is 5.87. The van der Waals surface area contributed by atoms with E-state index in [1.165, 1.54) is 6.33 Å². The highest BCUT2D eigenvalue weighted by Crippen LogP contribution is 2.36. The number of hydrogen-bond acceptors (Lipinski definition) is 6. The number of ether oxygens (including phenoxy) is 1. The van der Waals surface area contributed by atoms with E-state index in [-0.39, 0.29) is 12.0 Å². The number of carbonyl (C=O) groups excluding carboxylic acids is 2. The SMILES string of the molecule is CCOC(=O)N1CCN(C(=O)C2(n3cnnn3)CCCCC2)CC1. The first-order chi connectivity index (χ1) is 11.7. The molecule has 0 aromatic carbocycles. The number of nitrogens with zero attached hydrogens (tertiary/aromatic N) is 6. The van der Waals surface area contributed by atoms with Gasteiger partial charge in [0.1, 0.15) is 11.9 Å². The minimum atomic E-state index is -0.673. The molecule has 24 heavy (non-hydrogen) atoms. The van der Waals surface area contributed by atoms with Crippen LogP contribution in [0.4, 0.5) is 4.79 Å². The number of rotatable bonds is 3. The van der Waals surface area contributed by atoms with Gasteiger partial charge in [0, 0.05) is 26.2 Å². The summed E-state index contributed by atoms with van der Waals surface area (Å²) in [5, 5.41) is 11.5. The predicted molar refractivity (Wildman–Crippen MR) is 84.1 cm³/mol. The van der Waals surface area contributed by atoms with Gasteiger partial charge in [0.05, 0.1) is 6.61 Å². The third kappa shape index (κ3) is 3.07. The average molecular weight is 336 g/mol. The van der Waals surface area contributed by atoms with Crippen LogP contribution in [0.25, 0.3) is 0 Å². The van der Waals surface area contributed by atoms with Crippen LogP contribution in [0.2, 0.25) is 0 Å². The van der Waals surface area contributed by atoms with Crippen LogP contribution in [0.3, 0.4) is 0 Å². The number of piperazine rings is 1. The highest BCUT2D eigenvalue weighted by atomic mass is 16.6. The Labute approximate surface area is 140 Å². The molecular weight excluding hydrogens is 312 g/mol. The fourth-order valence-corrected chi connectivity index (χ4v) is 3.64. The number of hydrogen-bond donors (Lipinski definition) is 0. The largest absolute Gasteiger partial charge is 0.450 e. The normalized spacial score (nSPS) is 20.7. The molecule has 1 saturated carbocycles. The summed E-state index contributed by atoms with van der Waals surface area (Å²) in [6.45, 7) is 4.17. The van der Waals surface area contributed by atoms with Crippen molar-refractivity contribution < 1.29 is 14.3 Å². The molecule has 3 rings (SSSR count). The number of tetrazole rings is 1. The van der Waals surface area contributed by atoms with Crippen molar-refractivity contribution in [2.45, 2.75) is 44.6 Å². The lowest BCUT2D eigenvalue weighted by Gasteiger charge is -2.42. The standard InChI is InChI=1S/C15H24N6O3/c1-2-24-14(23)20-10-8-19(9-11-20)13(22)15(6-4-3-5-7-15)21-12-16-17-18-21/h12H,2-11H2,1H3. The summed E-state index contributed by atoms with van der Waals surface area (Å²) in [7, 11) is 0. The smallest absolute Gasteiger partial charge is 0.409 e. The third-order valence-corrected chi connectivity index (χ3v) is 4.96. The van der Waals surface area contributed by atoms with Crippen LogP contribution in [0.1, 0.15) is 39.0 Å². The third-order valence-electron chi connectivity index (χ3n) is 4.96. The van der Waals surface area contributed by atoms with E-state index in [1.807, 2.05) is 4.90 Å². The van der Waals surface area contributed by atoms with Gasteiger partial charge >= 0.3 is 6.09 Å². The fraction of sp³-hybridized carbons (Fsp3) is 0.800. The maximum atomic E-state index is 13.3. The van der Waals surface area contributed by atoms with Gasteiger partial charge < -0.3 is 14.5 Å². The lowest BCUT2D eigenvalue weighted by Crippen LogP contribution is -2.58. The molecule has 1 aliphatic heterocycles. The Morgan fingerprint density at radius 2 is 1.75 bits per heavy atom. The molecule has 0 N–H and O–H groups in total. The van der Waals surface area contributed by atoms with Crippen LogP contribution in [-0.4, -0.2) is 74.8 Å². The van der Waals surface area contributed by atoms with Crippen molar-refractivity contribution in [3.8, 4) is 0 Å². The summed E-state index contributed by atoms with van der Waals surface area (Å²) >= 11 is 0. The van der Waals surface area contributed by atoms with E-state index in [2.05, 4.69) is 15.5 Å². The molecule has 2 heterocycles. The molecule has 2 fully saturated rings. The molecule has 0 atom stereocenters. The quantitative estimate of drug-likeness (QED) is 0.804. The van der Waals surface area contributed by atoms with E-state index in [1.54, 1.807) is 16.5 Å². The minimum absolute atomic E-state index is 0.0676. The van der Waals surface area contributed by atoms with Gasteiger partial charge in [-0.1, -0.05) is 19.3 Å². The minimum Gasteiger partial charge on any atom is -0.450 e. The van der Waals surface area contributed by atoms with Gasteiger partial charge in [-0.15, -0.1) is 5.10 Å². The maximum Gasteiger partial charge on any atom is 0.409 e. The molecule has 0 spiro atoms. The van der Waals surface area contributed by atoms with Crippen LogP contribution in [0.15, 0.2) is 6.33 Å². The average Bonchev–Trinajstić information content (AvgIpc) is 3.17. The second-order valence-corrected chi connectivity index (χ2v) is 6.32. The first-order valence-electron chi connectivity index (χ1n) is 8.62. The van der Waals surface area contributed by atoms with E-state index in [9.17, 15) is 9.59 Å². The summed E-state index contributed by atoms with van der Waals surface area (Å²) in [6, 6.07) is 0. The van der Waals surface area contributed by atoms with Gasteiger partial charge in [0.15, 0.2) is 0 Å². The predicted octanol–water partition coefficient (Wildman–Crippen LogP) is 0.633. The van der Waals surface area contributed by atoms with E-state index in [4.69, 9.17) is 4.74 Å². The summed E-state index contributed by atoms with van der Waals surface area (Å²) in [4.78, 5) is 28.5. The maximum absolute atomic E-state index is 13.3. The van der Waals surface area contributed by atoms with Crippen molar-refractivity contribution >= 4 is 12.0 Å². The molecule has 9 nitrogen and oxygen atoms in total. The Kier molecular flexibility index (Phi) is 4.96. The molecule has 0 radical (unpaired) electrons. The van der Waals surface area contributed by atoms with Crippen molar-refractivity contribution in [2.75, 3.05) is 32.8 Å². The Morgan fingerprint density at radius 1 is 1.08 bits per heavy atom. The van der Waals surface area contributed by atoms with Gasteiger partial charge in [-0.2, -0.15) is 0 Å². The van der Waals surface area contributed by atoms with Crippen molar-refractivity contribution in [3.63, 3.8) is 0 Å². The zero-order valence-corrected chi connectivity index (χ0v) is 14.1. The fourth-order valence-electron chi connectivity index (χ4n) is 3.64. The zero-order chi connectivity index (χ0) is 17.0. The van der Waals surface area contributed by atoms with Gasteiger partial charge in [-0.3, -0.25) is 4.79 Å². The van der Waals surface area contributed by atoms with Gasteiger partial charge in [0.2, 0.25) is 0 Å². The Hall–Kier alpha value is -2.19. The number of carbonyl (C=O) groups is 2. The van der Waals surface area contributed by atoms with Gasteiger partial charge in [-0.25, -0.2) is 9.48 Å². The van der Waals surface area contributed by atoms with E-state index in [0.717, 1.165) is 32.1 Å². The van der Waals surface area contributed by atoms with Crippen LogP contribution in [0.5, 0.6) is 0 Å². The molecule has 0 unspecified atom stereocenters. The zero-order valence-electron chi connectivity index (χ0n) is 14.1. The van der Waals surface area contributed by atoms with Crippen molar-refractivity contribution in [1.82, 2.24) is 30.0 Å². The van der Waals surface area contributed by atoms with E-state index in [0.29, 0.717) is 32.8 Å². The Bertz CT molecular complexity index is 562. The topological polar surface area (TPSA) is 93.5 Å². The molecule has 1 aromatic rings. The molecule has 2 amide bonds. The lowest BCUT2D eigenvalue weighted by molar-refractivity contribution is -0.145. The van der Waals surface area contributed by atoms with E-state index >= 15 is 0 Å². The number of amides is 2. The molecule has 2 aliphatic rings. The lowest BCUT2D eigenvalue weighted by atomic mass is 9.80. The van der Waals surface area contributed by atoms with Crippen molar-refractivity contribution in [3.05, 3.63) is 6.33 Å². The molecule has 1 aliphatic carbocycles.